The van der Waals surface area contributed by atoms with E-state index < -0.39 is 98.3 Å². The van der Waals surface area contributed by atoms with E-state index in [9.17, 15) is 60.7 Å². The summed E-state index contributed by atoms with van der Waals surface area (Å²) >= 11 is 0. The molecule has 0 aromatic heterocycles. The predicted molar refractivity (Wildman–Crippen MR) is 155 cm³/mol. The summed E-state index contributed by atoms with van der Waals surface area (Å²) in [5, 5.41) is 99.6. The summed E-state index contributed by atoms with van der Waals surface area (Å²) in [5.41, 5.74) is 0.850. The molecule has 0 radical (unpaired) electrons. The van der Waals surface area contributed by atoms with E-state index in [-0.39, 0.29) is 23.6 Å². The number of benzene rings is 2. The van der Waals surface area contributed by atoms with Crippen LogP contribution in [0.1, 0.15) is 11.1 Å². The van der Waals surface area contributed by atoms with E-state index in [1.807, 2.05) is 0 Å². The average Bonchev–Trinajstić information content (AvgIpc) is 3.43. The lowest BCUT2D eigenvalue weighted by Crippen LogP contribution is -2.60. The van der Waals surface area contributed by atoms with Crippen molar-refractivity contribution >= 4 is 23.6 Å². The van der Waals surface area contributed by atoms with E-state index in [1.54, 1.807) is 0 Å². The molecule has 5 rings (SSSR count). The van der Waals surface area contributed by atoms with Gasteiger partial charge in [0.2, 0.25) is 12.6 Å². The Labute approximate surface area is 266 Å². The number of aromatic hydroxyl groups is 1. The Bertz CT molecular complexity index is 1460. The molecule has 2 aromatic carbocycles. The van der Waals surface area contributed by atoms with Gasteiger partial charge in [-0.3, -0.25) is 9.69 Å². The number of carboxylic acids is 1. The van der Waals surface area contributed by atoms with Crippen molar-refractivity contribution < 1.29 is 79.6 Å². The van der Waals surface area contributed by atoms with E-state index in [1.165, 1.54) is 42.5 Å². The number of rotatable bonds is 9. The van der Waals surface area contributed by atoms with Crippen molar-refractivity contribution in [3.63, 3.8) is 0 Å². The van der Waals surface area contributed by atoms with Gasteiger partial charge in [-0.1, -0.05) is 12.1 Å². The summed E-state index contributed by atoms with van der Waals surface area (Å²) in [6.45, 7) is -1.34. The molecule has 2 saturated heterocycles. The summed E-state index contributed by atoms with van der Waals surface area (Å²) in [6.07, 6.45) is -13.1. The second-order valence-corrected chi connectivity index (χ2v) is 11.2. The van der Waals surface area contributed by atoms with Gasteiger partial charge in [-0.05, 0) is 35.4 Å². The largest absolute Gasteiger partial charge is 0.504 e. The van der Waals surface area contributed by atoms with Crippen LogP contribution in [0.3, 0.4) is 0 Å². The Morgan fingerprint density at radius 3 is 1.89 bits per heavy atom. The number of phenolic OH excluding ortho intramolecular Hbond substituents is 1. The lowest BCUT2D eigenvalue weighted by Gasteiger charge is -2.39. The van der Waals surface area contributed by atoms with Gasteiger partial charge in [0.15, 0.2) is 11.5 Å². The Hall–Kier alpha value is -3.88. The Balaban J connectivity index is 1.31. The van der Waals surface area contributed by atoms with Gasteiger partial charge in [0.05, 0.1) is 18.9 Å². The van der Waals surface area contributed by atoms with Crippen LogP contribution in [0.25, 0.3) is 6.08 Å². The monoisotopic (exact) mass is 665 g/mol. The van der Waals surface area contributed by atoms with Crippen molar-refractivity contribution in [1.82, 2.24) is 0 Å². The van der Waals surface area contributed by atoms with Crippen LogP contribution in [-0.2, 0) is 25.5 Å². The lowest BCUT2D eigenvalue weighted by atomic mass is 9.99. The normalized spacial score (nSPS) is 33.9. The SMILES string of the molecule is O=C(O)[C@@H]1Cc2cc(O)c(O[C@@H]3O[C@H](CO)[C@@H](O)[C@H](O)[C@H]3O)cc2N1C(=O)/C=C/c1ccc(O[C@@H]2O[C@H](CO)[C@@H](O)[C@H](O)[C@H]2O)cc1. The van der Waals surface area contributed by atoms with E-state index in [0.717, 1.165) is 11.0 Å². The zero-order valence-electron chi connectivity index (χ0n) is 24.5. The molecule has 3 heterocycles. The smallest absolute Gasteiger partial charge is 0.327 e. The number of fused-ring (bicyclic) bond motifs is 1. The second kappa shape index (κ2) is 14.1. The van der Waals surface area contributed by atoms with Crippen molar-refractivity contribution in [3.05, 3.63) is 53.6 Å². The van der Waals surface area contributed by atoms with E-state index in [2.05, 4.69) is 0 Å². The molecule has 0 spiro atoms. The molecule has 47 heavy (non-hydrogen) atoms. The maximum absolute atomic E-state index is 13.4. The third-order valence-corrected chi connectivity index (χ3v) is 8.16. The van der Waals surface area contributed by atoms with Crippen LogP contribution in [0, 0.1) is 0 Å². The minimum Gasteiger partial charge on any atom is -0.504 e. The molecule has 3 aliphatic rings. The summed E-state index contributed by atoms with van der Waals surface area (Å²) in [5.74, 6) is -2.71. The first-order valence-electron chi connectivity index (χ1n) is 14.5. The summed E-state index contributed by atoms with van der Waals surface area (Å²) in [4.78, 5) is 26.4. The topological polar surface area (TPSA) is 277 Å². The Morgan fingerprint density at radius 2 is 1.36 bits per heavy atom. The molecule has 17 nitrogen and oxygen atoms in total. The molecule has 256 valence electrons. The van der Waals surface area contributed by atoms with Gasteiger partial charge in [0, 0.05) is 18.6 Å². The fourth-order valence-corrected chi connectivity index (χ4v) is 5.51. The molecule has 0 aliphatic carbocycles. The van der Waals surface area contributed by atoms with Crippen LogP contribution in [0.5, 0.6) is 17.2 Å². The zero-order chi connectivity index (χ0) is 34.2. The van der Waals surface area contributed by atoms with E-state index in [4.69, 9.17) is 18.9 Å². The van der Waals surface area contributed by atoms with Crippen LogP contribution in [0.15, 0.2) is 42.5 Å². The minimum atomic E-state index is -1.79. The molecule has 0 saturated carbocycles. The summed E-state index contributed by atoms with van der Waals surface area (Å²) in [7, 11) is 0. The van der Waals surface area contributed by atoms with Crippen molar-refractivity contribution in [2.75, 3.05) is 18.1 Å². The fraction of sp³-hybridized carbons (Fsp3) is 0.467. The third-order valence-electron chi connectivity index (χ3n) is 8.16. The molecule has 11 atom stereocenters. The van der Waals surface area contributed by atoms with Gasteiger partial charge < -0.3 is 70.0 Å². The maximum Gasteiger partial charge on any atom is 0.327 e. The van der Waals surface area contributed by atoms with Gasteiger partial charge in [0.1, 0.15) is 60.6 Å². The molecular formula is C30H35NO16. The van der Waals surface area contributed by atoms with Gasteiger partial charge in [0.25, 0.3) is 5.91 Å². The molecule has 2 fully saturated rings. The number of amides is 1. The molecule has 1 amide bonds. The van der Waals surface area contributed by atoms with Gasteiger partial charge in [-0.25, -0.2) is 4.79 Å². The number of hydrogen-bond donors (Lipinski definition) is 10. The van der Waals surface area contributed by atoms with Gasteiger partial charge in [-0.15, -0.1) is 0 Å². The molecule has 10 N–H and O–H groups in total. The van der Waals surface area contributed by atoms with Crippen molar-refractivity contribution in [2.45, 2.75) is 73.9 Å². The first-order valence-corrected chi connectivity index (χ1v) is 14.5. The van der Waals surface area contributed by atoms with Gasteiger partial charge >= 0.3 is 5.97 Å². The number of phenols is 1. The number of ether oxygens (including phenoxy) is 4. The number of nitrogens with zero attached hydrogens (tertiary/aromatic N) is 1. The quantitative estimate of drug-likeness (QED) is 0.118. The van der Waals surface area contributed by atoms with Crippen LogP contribution >= 0.6 is 0 Å². The van der Waals surface area contributed by atoms with E-state index in [0.29, 0.717) is 11.1 Å². The van der Waals surface area contributed by atoms with Crippen molar-refractivity contribution in [3.8, 4) is 17.2 Å². The van der Waals surface area contributed by atoms with E-state index >= 15 is 0 Å². The third kappa shape index (κ3) is 6.90. The number of aliphatic carboxylic acids is 1. The second-order valence-electron chi connectivity index (χ2n) is 11.2. The summed E-state index contributed by atoms with van der Waals surface area (Å²) < 4.78 is 21.7. The van der Waals surface area contributed by atoms with Crippen LogP contribution in [0.2, 0.25) is 0 Å². The first kappa shape index (κ1) is 34.5. The molecule has 0 bridgehead atoms. The molecule has 3 aliphatic heterocycles. The maximum atomic E-state index is 13.4. The number of carbonyl (C=O) groups excluding carboxylic acids is 1. The Morgan fingerprint density at radius 1 is 0.809 bits per heavy atom. The van der Waals surface area contributed by atoms with Gasteiger partial charge in [-0.2, -0.15) is 0 Å². The zero-order valence-corrected chi connectivity index (χ0v) is 24.5. The first-order chi connectivity index (χ1) is 22.3. The highest BCUT2D eigenvalue weighted by molar-refractivity contribution is 6.09. The van der Waals surface area contributed by atoms with Crippen molar-refractivity contribution in [2.24, 2.45) is 0 Å². The Kier molecular flexibility index (Phi) is 10.3. The molecule has 17 heteroatoms. The number of aliphatic hydroxyl groups excluding tert-OH is 8. The lowest BCUT2D eigenvalue weighted by molar-refractivity contribution is -0.277. The standard InChI is InChI=1S/C30H35NO16/c32-10-19-22(36)24(38)26(40)29(46-19)44-14-4-1-12(2-5-14)3-6-21(35)31-15-9-18(17(34)8-13(15)7-16(31)28(42)43)45-30-27(41)25(39)23(37)20(11-33)47-30/h1-6,8-9,16,19-20,22-27,29-30,32-34,36-41H,7,10-11H2,(H,42,43)/b6-3+/t16-,19+,20+,22+,23+,24-,25-,26+,27+,29+,30+/m0/s1. The number of carboxylic acid groups (broad SMARTS) is 1. The molecule has 0 unspecified atom stereocenters. The van der Waals surface area contributed by atoms with Crippen molar-refractivity contribution in [1.29, 1.82) is 0 Å². The van der Waals surface area contributed by atoms with Crippen LogP contribution in [0.4, 0.5) is 5.69 Å². The minimum absolute atomic E-state index is 0.0766. The molecule has 2 aromatic rings. The number of anilines is 1. The highest BCUT2D eigenvalue weighted by Gasteiger charge is 2.46. The van der Waals surface area contributed by atoms with Crippen LogP contribution in [-0.4, -0.2) is 144 Å². The summed E-state index contributed by atoms with van der Waals surface area (Å²) in [6, 6.07) is 6.99. The van der Waals surface area contributed by atoms with Crippen LogP contribution < -0.4 is 14.4 Å². The highest BCUT2D eigenvalue weighted by Crippen LogP contribution is 2.42. The highest BCUT2D eigenvalue weighted by atomic mass is 16.7. The average molecular weight is 666 g/mol. The molecular weight excluding hydrogens is 630 g/mol. The number of carbonyl (C=O) groups is 2. The predicted octanol–water partition coefficient (Wildman–Crippen LogP) is -3.19. The fourth-order valence-electron chi connectivity index (χ4n) is 5.51. The number of hydrogen-bond acceptors (Lipinski definition) is 15. The number of aliphatic hydroxyl groups is 8.